The molecule has 1 N–H and O–H groups in total. The Morgan fingerprint density at radius 3 is 2.00 bits per heavy atom. The SMILES string of the molecule is COC(=O)C(ONC(=O)OC(C)(C)C)C(F)(F)F. The summed E-state index contributed by atoms with van der Waals surface area (Å²) < 4.78 is 45.5. The molecule has 0 radical (unpaired) electrons. The monoisotopic (exact) mass is 273 g/mol. The molecule has 106 valence electrons. The van der Waals surface area contributed by atoms with Crippen LogP contribution in [0, 0.1) is 0 Å². The summed E-state index contributed by atoms with van der Waals surface area (Å²) in [5, 5.41) is 0. The van der Waals surface area contributed by atoms with Crippen molar-refractivity contribution in [2.24, 2.45) is 0 Å². The minimum atomic E-state index is -5.01. The van der Waals surface area contributed by atoms with Gasteiger partial charge in [0.15, 0.2) is 0 Å². The van der Waals surface area contributed by atoms with Gasteiger partial charge in [-0.05, 0) is 20.8 Å². The summed E-state index contributed by atoms with van der Waals surface area (Å²) in [5.41, 5.74) is 0.469. The van der Waals surface area contributed by atoms with E-state index in [0.717, 1.165) is 7.11 Å². The first-order chi connectivity index (χ1) is 7.97. The van der Waals surface area contributed by atoms with E-state index in [2.05, 4.69) is 14.3 Å². The number of hydrogen-bond donors (Lipinski definition) is 1. The van der Waals surface area contributed by atoms with Crippen molar-refractivity contribution in [3.63, 3.8) is 0 Å². The Bertz CT molecular complexity index is 310. The van der Waals surface area contributed by atoms with Crippen molar-refractivity contribution in [2.75, 3.05) is 7.11 Å². The molecule has 0 aliphatic rings. The Hall–Kier alpha value is -1.51. The van der Waals surface area contributed by atoms with E-state index in [0.29, 0.717) is 0 Å². The van der Waals surface area contributed by atoms with Crippen LogP contribution in [0.5, 0.6) is 0 Å². The average Bonchev–Trinajstić information content (AvgIpc) is 2.12. The number of hydrogen-bond acceptors (Lipinski definition) is 5. The van der Waals surface area contributed by atoms with E-state index in [4.69, 9.17) is 0 Å². The molecule has 0 aromatic heterocycles. The number of carbonyl (C=O) groups is 2. The van der Waals surface area contributed by atoms with Crippen LogP contribution >= 0.6 is 0 Å². The zero-order valence-electron chi connectivity index (χ0n) is 10.3. The molecule has 0 spiro atoms. The molecule has 0 aromatic carbocycles. The van der Waals surface area contributed by atoms with Crippen molar-refractivity contribution in [2.45, 2.75) is 38.7 Å². The van der Waals surface area contributed by atoms with Gasteiger partial charge < -0.3 is 9.47 Å². The molecule has 0 rings (SSSR count). The van der Waals surface area contributed by atoms with Gasteiger partial charge in [0.05, 0.1) is 7.11 Å². The van der Waals surface area contributed by atoms with Crippen molar-refractivity contribution >= 4 is 12.1 Å². The number of methoxy groups -OCH3 is 1. The van der Waals surface area contributed by atoms with Gasteiger partial charge in [-0.15, -0.1) is 0 Å². The minimum absolute atomic E-state index is 0.762. The minimum Gasteiger partial charge on any atom is -0.467 e. The first kappa shape index (κ1) is 16.5. The maximum absolute atomic E-state index is 12.3. The summed E-state index contributed by atoms with van der Waals surface area (Å²) in [5.74, 6) is -1.68. The standard InChI is InChI=1S/C9H14F3NO5/c1-8(2,3)17-7(15)13-18-5(6(14)16-4)9(10,11)12/h5H,1-4H3,(H,13,15). The summed E-state index contributed by atoms with van der Waals surface area (Å²) in [7, 11) is 0.762. The van der Waals surface area contributed by atoms with Gasteiger partial charge in [-0.2, -0.15) is 18.7 Å². The number of carbonyl (C=O) groups excluding carboxylic acids is 2. The van der Waals surface area contributed by atoms with Gasteiger partial charge in [-0.3, -0.25) is 0 Å². The molecule has 18 heavy (non-hydrogen) atoms. The van der Waals surface area contributed by atoms with Crippen molar-refractivity contribution in [1.82, 2.24) is 5.48 Å². The highest BCUT2D eigenvalue weighted by atomic mass is 19.4. The summed E-state index contributed by atoms with van der Waals surface area (Å²) in [4.78, 5) is 25.8. The Morgan fingerprint density at radius 1 is 1.17 bits per heavy atom. The molecule has 0 aliphatic heterocycles. The number of halogens is 3. The van der Waals surface area contributed by atoms with E-state index in [1.807, 2.05) is 0 Å². The van der Waals surface area contributed by atoms with Gasteiger partial charge in [-0.25, -0.2) is 14.4 Å². The maximum Gasteiger partial charge on any atom is 0.431 e. The second kappa shape index (κ2) is 5.89. The van der Waals surface area contributed by atoms with Gasteiger partial charge in [-0.1, -0.05) is 0 Å². The Labute approximate surface area is 101 Å². The van der Waals surface area contributed by atoms with Crippen molar-refractivity contribution in [1.29, 1.82) is 0 Å². The molecular formula is C9H14F3NO5. The van der Waals surface area contributed by atoms with E-state index in [-0.39, 0.29) is 0 Å². The number of amides is 1. The number of ether oxygens (including phenoxy) is 2. The third-order valence-electron chi connectivity index (χ3n) is 1.37. The lowest BCUT2D eigenvalue weighted by Gasteiger charge is -2.21. The van der Waals surface area contributed by atoms with Crippen LogP contribution in [0.4, 0.5) is 18.0 Å². The van der Waals surface area contributed by atoms with Crippen LogP contribution < -0.4 is 5.48 Å². The lowest BCUT2D eigenvalue weighted by molar-refractivity contribution is -0.239. The summed E-state index contributed by atoms with van der Waals surface area (Å²) >= 11 is 0. The third kappa shape index (κ3) is 6.28. The van der Waals surface area contributed by atoms with Crippen LogP contribution in [0.25, 0.3) is 0 Å². The van der Waals surface area contributed by atoms with E-state index in [1.165, 1.54) is 26.3 Å². The van der Waals surface area contributed by atoms with E-state index in [1.54, 1.807) is 0 Å². The molecule has 1 unspecified atom stereocenters. The molecule has 0 bridgehead atoms. The molecule has 0 saturated heterocycles. The van der Waals surface area contributed by atoms with E-state index in [9.17, 15) is 22.8 Å². The number of rotatable bonds is 3. The first-order valence-corrected chi connectivity index (χ1v) is 4.76. The lowest BCUT2D eigenvalue weighted by Crippen LogP contribution is -2.45. The highest BCUT2D eigenvalue weighted by Crippen LogP contribution is 2.23. The zero-order chi connectivity index (χ0) is 14.6. The fraction of sp³-hybridized carbons (Fsp3) is 0.778. The predicted molar refractivity (Wildman–Crippen MR) is 52.3 cm³/mol. The number of alkyl halides is 3. The predicted octanol–water partition coefficient (Wildman–Crippen LogP) is 1.55. The average molecular weight is 273 g/mol. The molecular weight excluding hydrogens is 259 g/mol. The van der Waals surface area contributed by atoms with Gasteiger partial charge in [0, 0.05) is 0 Å². The van der Waals surface area contributed by atoms with Crippen LogP contribution in [0.1, 0.15) is 20.8 Å². The van der Waals surface area contributed by atoms with Crippen LogP contribution in [0.15, 0.2) is 0 Å². The molecule has 0 aromatic rings. The number of nitrogens with one attached hydrogen (secondary N) is 1. The third-order valence-corrected chi connectivity index (χ3v) is 1.37. The molecule has 0 heterocycles. The number of hydroxylamine groups is 1. The fourth-order valence-corrected chi connectivity index (χ4v) is 0.762. The topological polar surface area (TPSA) is 73.9 Å². The Kier molecular flexibility index (Phi) is 5.40. The second-order valence-corrected chi connectivity index (χ2v) is 4.17. The van der Waals surface area contributed by atoms with Gasteiger partial charge >= 0.3 is 18.2 Å². The summed E-state index contributed by atoms with van der Waals surface area (Å²) in [6.45, 7) is 4.52. The quantitative estimate of drug-likeness (QED) is 0.623. The van der Waals surface area contributed by atoms with Crippen LogP contribution in [0.3, 0.4) is 0 Å². The number of esters is 1. The van der Waals surface area contributed by atoms with Crippen molar-refractivity contribution in [3.05, 3.63) is 0 Å². The lowest BCUT2D eigenvalue weighted by atomic mass is 10.2. The normalized spacial score (nSPS) is 13.7. The van der Waals surface area contributed by atoms with Gasteiger partial charge in [0.25, 0.3) is 6.10 Å². The molecule has 0 fully saturated rings. The Morgan fingerprint density at radius 2 is 1.67 bits per heavy atom. The fourth-order valence-electron chi connectivity index (χ4n) is 0.762. The molecule has 0 saturated carbocycles. The van der Waals surface area contributed by atoms with Crippen LogP contribution in [-0.2, 0) is 19.1 Å². The van der Waals surface area contributed by atoms with E-state index >= 15 is 0 Å². The maximum atomic E-state index is 12.3. The van der Waals surface area contributed by atoms with E-state index < -0.39 is 29.9 Å². The molecule has 1 amide bonds. The van der Waals surface area contributed by atoms with Crippen molar-refractivity contribution in [3.8, 4) is 0 Å². The molecule has 6 nitrogen and oxygen atoms in total. The zero-order valence-corrected chi connectivity index (χ0v) is 10.3. The smallest absolute Gasteiger partial charge is 0.431 e. The van der Waals surface area contributed by atoms with Gasteiger partial charge in [0.1, 0.15) is 5.60 Å². The summed E-state index contributed by atoms with van der Waals surface area (Å²) in [6.07, 6.45) is -9.17. The first-order valence-electron chi connectivity index (χ1n) is 4.76. The van der Waals surface area contributed by atoms with Gasteiger partial charge in [0.2, 0.25) is 0 Å². The second-order valence-electron chi connectivity index (χ2n) is 4.17. The largest absolute Gasteiger partial charge is 0.467 e. The highest BCUT2D eigenvalue weighted by molar-refractivity contribution is 5.76. The van der Waals surface area contributed by atoms with Crippen molar-refractivity contribution < 1.29 is 37.1 Å². The highest BCUT2D eigenvalue weighted by Gasteiger charge is 2.48. The summed E-state index contributed by atoms with van der Waals surface area (Å²) in [6, 6.07) is 0. The molecule has 1 atom stereocenters. The molecule has 0 aliphatic carbocycles. The Balaban J connectivity index is 4.46. The van der Waals surface area contributed by atoms with Crippen LogP contribution in [-0.4, -0.2) is 37.1 Å². The molecule has 9 heteroatoms. The van der Waals surface area contributed by atoms with Crippen LogP contribution in [0.2, 0.25) is 0 Å².